The van der Waals surface area contributed by atoms with Gasteiger partial charge < -0.3 is 0 Å². The van der Waals surface area contributed by atoms with Crippen molar-refractivity contribution in [3.63, 3.8) is 0 Å². The van der Waals surface area contributed by atoms with E-state index >= 15 is 0 Å². The second-order valence-corrected chi connectivity index (χ2v) is 2.65. The van der Waals surface area contributed by atoms with Crippen LogP contribution >= 0.6 is 11.6 Å². The Balaban J connectivity index is 2.75. The molecule has 0 spiro atoms. The van der Waals surface area contributed by atoms with E-state index in [1.165, 1.54) is 0 Å². The third-order valence-corrected chi connectivity index (χ3v) is 1.74. The SMILES string of the molecule is O=c1[nH]c(Cl)nc2c1CN=C2F. The van der Waals surface area contributed by atoms with Gasteiger partial charge in [-0.05, 0) is 11.6 Å². The molecule has 6 heteroatoms. The van der Waals surface area contributed by atoms with Gasteiger partial charge in [0.15, 0.2) is 0 Å². The van der Waals surface area contributed by atoms with Crippen LogP contribution in [0.25, 0.3) is 0 Å². The van der Waals surface area contributed by atoms with E-state index in [1.54, 1.807) is 0 Å². The van der Waals surface area contributed by atoms with Crippen molar-refractivity contribution >= 4 is 17.6 Å². The van der Waals surface area contributed by atoms with Crippen molar-refractivity contribution in [1.29, 1.82) is 0 Å². The molecule has 0 aromatic carbocycles. The van der Waals surface area contributed by atoms with Crippen LogP contribution in [0, 0.1) is 0 Å². The molecule has 1 aromatic heterocycles. The first-order valence-corrected chi connectivity index (χ1v) is 3.55. The predicted octanol–water partition coefficient (Wildman–Crippen LogP) is 0.653. The topological polar surface area (TPSA) is 58.1 Å². The zero-order chi connectivity index (χ0) is 8.72. The van der Waals surface area contributed by atoms with E-state index in [0.717, 1.165) is 0 Å². The van der Waals surface area contributed by atoms with Crippen molar-refractivity contribution in [2.24, 2.45) is 4.99 Å². The molecule has 0 amide bonds. The Hall–Kier alpha value is -1.23. The van der Waals surface area contributed by atoms with Crippen molar-refractivity contribution in [1.82, 2.24) is 9.97 Å². The molecule has 0 fully saturated rings. The number of aromatic amines is 1. The van der Waals surface area contributed by atoms with E-state index in [2.05, 4.69) is 15.0 Å². The van der Waals surface area contributed by atoms with Gasteiger partial charge in [-0.15, -0.1) is 0 Å². The molecular weight excluding hydrogens is 185 g/mol. The second-order valence-electron chi connectivity index (χ2n) is 2.29. The van der Waals surface area contributed by atoms with Crippen molar-refractivity contribution in [3.8, 4) is 0 Å². The zero-order valence-electron chi connectivity index (χ0n) is 5.77. The molecule has 0 saturated carbocycles. The average Bonchev–Trinajstić information content (AvgIpc) is 2.33. The number of H-pyrrole nitrogens is 1. The molecule has 0 saturated heterocycles. The predicted molar refractivity (Wildman–Crippen MR) is 41.2 cm³/mol. The number of fused-ring (bicyclic) bond motifs is 1. The number of nitrogens with one attached hydrogen (secondary N) is 1. The third kappa shape index (κ3) is 0.937. The largest absolute Gasteiger partial charge is 0.297 e. The highest BCUT2D eigenvalue weighted by atomic mass is 35.5. The Morgan fingerprint density at radius 1 is 1.58 bits per heavy atom. The van der Waals surface area contributed by atoms with E-state index < -0.39 is 11.5 Å². The summed E-state index contributed by atoms with van der Waals surface area (Å²) in [5.74, 6) is -0.724. The molecule has 12 heavy (non-hydrogen) atoms. The van der Waals surface area contributed by atoms with E-state index in [9.17, 15) is 9.18 Å². The molecule has 0 aliphatic carbocycles. The quantitative estimate of drug-likeness (QED) is 0.607. The first-order chi connectivity index (χ1) is 5.68. The Bertz CT molecular complexity index is 425. The van der Waals surface area contributed by atoms with Gasteiger partial charge in [0, 0.05) is 0 Å². The van der Waals surface area contributed by atoms with Crippen LogP contribution in [0.3, 0.4) is 0 Å². The highest BCUT2D eigenvalue weighted by molar-refractivity contribution is 6.28. The lowest BCUT2D eigenvalue weighted by Gasteiger charge is -1.94. The average molecular weight is 188 g/mol. The second kappa shape index (κ2) is 2.38. The van der Waals surface area contributed by atoms with Gasteiger partial charge >= 0.3 is 0 Å². The minimum atomic E-state index is -0.724. The van der Waals surface area contributed by atoms with Crippen LogP contribution in [0.5, 0.6) is 0 Å². The van der Waals surface area contributed by atoms with Crippen molar-refractivity contribution < 1.29 is 4.39 Å². The van der Waals surface area contributed by atoms with Crippen molar-refractivity contribution in [2.75, 3.05) is 0 Å². The van der Waals surface area contributed by atoms with Crippen LogP contribution in [-0.2, 0) is 6.54 Å². The first kappa shape index (κ1) is 7.42. The smallest absolute Gasteiger partial charge is 0.257 e. The maximum atomic E-state index is 12.8. The summed E-state index contributed by atoms with van der Waals surface area (Å²) in [6.07, 6.45) is 0. The number of nitrogens with zero attached hydrogens (tertiary/aromatic N) is 2. The fraction of sp³-hybridized carbons (Fsp3) is 0.167. The van der Waals surface area contributed by atoms with Gasteiger partial charge in [-0.25, -0.2) is 4.98 Å². The lowest BCUT2D eigenvalue weighted by molar-refractivity contribution is 0.800. The summed E-state index contributed by atoms with van der Waals surface area (Å²) >= 11 is 5.41. The number of rotatable bonds is 0. The van der Waals surface area contributed by atoms with Crippen molar-refractivity contribution in [2.45, 2.75) is 6.54 Å². The minimum absolute atomic E-state index is 0.0382. The van der Waals surface area contributed by atoms with Crippen LogP contribution in [0.2, 0.25) is 5.28 Å². The highest BCUT2D eigenvalue weighted by Crippen LogP contribution is 2.14. The van der Waals surface area contributed by atoms with Gasteiger partial charge in [-0.1, -0.05) is 0 Å². The molecule has 62 valence electrons. The number of aromatic nitrogens is 2. The maximum absolute atomic E-state index is 12.8. The standard InChI is InChI=1S/C6H3ClFN3O/c7-6-10-3-2(5(12)11-6)1-9-4(3)8/h1H2,(H,10,11,12). The van der Waals surface area contributed by atoms with E-state index in [1.807, 2.05) is 0 Å². The van der Waals surface area contributed by atoms with Gasteiger partial charge in [-0.2, -0.15) is 4.39 Å². The minimum Gasteiger partial charge on any atom is -0.297 e. The Labute approximate surface area is 71.1 Å². The van der Waals surface area contributed by atoms with Gasteiger partial charge in [-0.3, -0.25) is 14.8 Å². The number of hydrogen-bond donors (Lipinski definition) is 1. The maximum Gasteiger partial charge on any atom is 0.257 e. The molecule has 2 heterocycles. The van der Waals surface area contributed by atoms with Gasteiger partial charge in [0.1, 0.15) is 5.69 Å². The zero-order valence-corrected chi connectivity index (χ0v) is 6.52. The van der Waals surface area contributed by atoms with Gasteiger partial charge in [0.2, 0.25) is 11.2 Å². The van der Waals surface area contributed by atoms with Crippen LogP contribution in [0.15, 0.2) is 9.79 Å². The molecule has 4 nitrogen and oxygen atoms in total. The molecular formula is C6H3ClFN3O. The van der Waals surface area contributed by atoms with E-state index in [-0.39, 0.29) is 23.1 Å². The fourth-order valence-corrected chi connectivity index (χ4v) is 1.18. The summed E-state index contributed by atoms with van der Waals surface area (Å²) in [5, 5.41) is -0.119. The normalized spacial score (nSPS) is 14.3. The monoisotopic (exact) mass is 187 g/mol. The fourth-order valence-electron chi connectivity index (χ4n) is 1.01. The lowest BCUT2D eigenvalue weighted by Crippen LogP contribution is -2.15. The molecule has 0 bridgehead atoms. The third-order valence-electron chi connectivity index (χ3n) is 1.56. The molecule has 1 aliphatic rings. The van der Waals surface area contributed by atoms with Gasteiger partial charge in [0.05, 0.1) is 12.1 Å². The highest BCUT2D eigenvalue weighted by Gasteiger charge is 2.20. The summed E-state index contributed by atoms with van der Waals surface area (Å²) in [7, 11) is 0. The molecule has 1 aliphatic heterocycles. The van der Waals surface area contributed by atoms with Crippen molar-refractivity contribution in [3.05, 3.63) is 26.9 Å². The molecule has 1 aromatic rings. The number of hydrogen-bond acceptors (Lipinski definition) is 3. The Kier molecular flexibility index (Phi) is 1.47. The van der Waals surface area contributed by atoms with Gasteiger partial charge in [0.25, 0.3) is 5.56 Å². The van der Waals surface area contributed by atoms with E-state index in [0.29, 0.717) is 0 Å². The van der Waals surface area contributed by atoms with Crippen LogP contribution in [0.4, 0.5) is 4.39 Å². The summed E-state index contributed by atoms with van der Waals surface area (Å²) in [6, 6.07) is 0. The molecule has 0 atom stereocenters. The summed E-state index contributed by atoms with van der Waals surface area (Å²) < 4.78 is 12.8. The lowest BCUT2D eigenvalue weighted by atomic mass is 10.3. The summed E-state index contributed by atoms with van der Waals surface area (Å²) in [5.41, 5.74) is -0.234. The number of halogens is 2. The van der Waals surface area contributed by atoms with E-state index in [4.69, 9.17) is 11.6 Å². The summed E-state index contributed by atoms with van der Waals surface area (Å²) in [4.78, 5) is 20.3. The Morgan fingerprint density at radius 3 is 3.08 bits per heavy atom. The molecule has 0 radical (unpaired) electrons. The molecule has 2 rings (SSSR count). The molecule has 0 unspecified atom stereocenters. The first-order valence-electron chi connectivity index (χ1n) is 3.17. The molecule has 1 N–H and O–H groups in total. The van der Waals surface area contributed by atoms with Crippen LogP contribution < -0.4 is 5.56 Å². The van der Waals surface area contributed by atoms with Crippen LogP contribution in [-0.4, -0.2) is 15.9 Å². The Morgan fingerprint density at radius 2 is 2.33 bits per heavy atom. The van der Waals surface area contributed by atoms with Crippen LogP contribution in [0.1, 0.15) is 11.3 Å². The summed E-state index contributed by atoms with van der Waals surface area (Å²) in [6.45, 7) is 0.0423. The number of aliphatic imine (C=N–C) groups is 1.